The average molecular weight is 277 g/mol. The summed E-state index contributed by atoms with van der Waals surface area (Å²) in [6.45, 7) is -0.214. The van der Waals surface area contributed by atoms with Crippen molar-refractivity contribution in [2.75, 3.05) is 0 Å². The third-order valence-electron chi connectivity index (χ3n) is 2.52. The minimum atomic E-state index is -0.490. The number of hydrogen-bond donors (Lipinski definition) is 2. The molecule has 0 aliphatic heterocycles. The van der Waals surface area contributed by atoms with E-state index in [4.69, 9.17) is 0 Å². The smallest absolute Gasteiger partial charge is 0.270 e. The number of aliphatic hydroxyl groups excluding tert-OH is 1. The molecule has 0 fully saturated rings. The van der Waals surface area contributed by atoms with Gasteiger partial charge in [-0.15, -0.1) is 0 Å². The highest BCUT2D eigenvalue weighted by molar-refractivity contribution is 7.99. The van der Waals surface area contributed by atoms with Crippen molar-refractivity contribution in [3.63, 3.8) is 0 Å². The molecule has 2 aromatic rings. The predicted molar refractivity (Wildman–Crippen MR) is 71.2 cm³/mol. The van der Waals surface area contributed by atoms with Gasteiger partial charge in [-0.1, -0.05) is 23.9 Å². The molecule has 0 unspecified atom stereocenters. The molecule has 0 aliphatic rings. The molecular weight excluding hydrogens is 266 g/mol. The second-order valence-electron chi connectivity index (χ2n) is 3.78. The highest BCUT2D eigenvalue weighted by Gasteiger charge is 2.12. The lowest BCUT2D eigenvalue weighted by Gasteiger charge is -2.08. The van der Waals surface area contributed by atoms with Crippen LogP contribution in [0.15, 0.2) is 52.3 Å². The number of phenolic OH excluding ortho intramolecular Hbond substituents is 1. The molecule has 19 heavy (non-hydrogen) atoms. The first-order valence-corrected chi connectivity index (χ1v) is 6.27. The maximum Gasteiger partial charge on any atom is 0.270 e. The summed E-state index contributed by atoms with van der Waals surface area (Å²) in [5.74, 6) is 0.0999. The number of nitrogens with zero attached hydrogens (tertiary/aromatic N) is 1. The van der Waals surface area contributed by atoms with Crippen molar-refractivity contribution in [1.29, 1.82) is 0 Å². The molecule has 2 N–H and O–H groups in total. The van der Waals surface area contributed by atoms with Gasteiger partial charge in [0.05, 0.1) is 16.4 Å². The van der Waals surface area contributed by atoms with Crippen LogP contribution in [0.5, 0.6) is 5.75 Å². The average Bonchev–Trinajstić information content (AvgIpc) is 2.41. The zero-order valence-corrected chi connectivity index (χ0v) is 10.6. The highest BCUT2D eigenvalue weighted by atomic mass is 32.2. The Labute approximate surface area is 113 Å². The molecule has 0 saturated heterocycles. The second-order valence-corrected chi connectivity index (χ2v) is 4.86. The number of nitro benzene ring substituents is 1. The van der Waals surface area contributed by atoms with Crippen molar-refractivity contribution in [3.05, 3.63) is 58.1 Å². The Hall–Kier alpha value is -2.05. The van der Waals surface area contributed by atoms with Crippen molar-refractivity contribution >= 4 is 17.4 Å². The van der Waals surface area contributed by atoms with E-state index in [-0.39, 0.29) is 18.0 Å². The minimum absolute atomic E-state index is 0.0462. The van der Waals surface area contributed by atoms with E-state index in [0.29, 0.717) is 15.4 Å². The zero-order chi connectivity index (χ0) is 13.8. The van der Waals surface area contributed by atoms with E-state index in [9.17, 15) is 20.3 Å². The predicted octanol–water partition coefficient (Wildman–Crippen LogP) is 2.94. The Kier molecular flexibility index (Phi) is 4.03. The number of para-hydroxylation sites is 1. The molecule has 0 aliphatic carbocycles. The van der Waals surface area contributed by atoms with Gasteiger partial charge in [0.1, 0.15) is 5.75 Å². The Morgan fingerprint density at radius 2 is 1.89 bits per heavy atom. The van der Waals surface area contributed by atoms with Gasteiger partial charge in [-0.3, -0.25) is 10.1 Å². The van der Waals surface area contributed by atoms with Crippen molar-refractivity contribution in [3.8, 4) is 5.75 Å². The number of aliphatic hydroxyl groups is 1. The van der Waals surface area contributed by atoms with Crippen LogP contribution in [0, 0.1) is 10.1 Å². The molecule has 6 heteroatoms. The summed E-state index contributed by atoms with van der Waals surface area (Å²) in [5.41, 5.74) is 0.536. The van der Waals surface area contributed by atoms with E-state index < -0.39 is 4.92 Å². The number of non-ortho nitro benzene ring substituents is 1. The lowest BCUT2D eigenvalue weighted by atomic mass is 10.2. The quantitative estimate of drug-likeness (QED) is 0.663. The molecule has 2 aromatic carbocycles. The Bertz CT molecular complexity index is 615. The number of aromatic hydroxyl groups is 1. The van der Waals surface area contributed by atoms with E-state index in [1.54, 1.807) is 18.2 Å². The summed E-state index contributed by atoms with van der Waals surface area (Å²) in [4.78, 5) is 11.4. The van der Waals surface area contributed by atoms with Crippen LogP contribution in [-0.4, -0.2) is 15.1 Å². The molecule has 0 heterocycles. The molecule has 5 nitrogen and oxygen atoms in total. The van der Waals surface area contributed by atoms with E-state index in [1.807, 2.05) is 0 Å². The number of phenols is 1. The summed E-state index contributed by atoms with van der Waals surface area (Å²) in [6, 6.07) is 11.0. The lowest BCUT2D eigenvalue weighted by molar-refractivity contribution is -0.385. The molecule has 0 aromatic heterocycles. The van der Waals surface area contributed by atoms with E-state index >= 15 is 0 Å². The van der Waals surface area contributed by atoms with Crippen LogP contribution >= 0.6 is 11.8 Å². The summed E-state index contributed by atoms with van der Waals surface area (Å²) < 4.78 is 0. The third-order valence-corrected chi connectivity index (χ3v) is 3.68. The SMILES string of the molecule is O=[N+]([O-])c1ccc(CO)c(Sc2ccccc2O)c1. The summed E-state index contributed by atoms with van der Waals surface area (Å²) in [6.07, 6.45) is 0. The van der Waals surface area contributed by atoms with Gasteiger partial charge in [0.25, 0.3) is 5.69 Å². The maximum absolute atomic E-state index is 10.8. The number of rotatable bonds is 4. The van der Waals surface area contributed by atoms with Gasteiger partial charge in [0, 0.05) is 17.0 Å². The lowest BCUT2D eigenvalue weighted by Crippen LogP contribution is -1.92. The van der Waals surface area contributed by atoms with E-state index in [1.165, 1.54) is 36.0 Å². The van der Waals surface area contributed by atoms with Crippen molar-refractivity contribution in [1.82, 2.24) is 0 Å². The molecule has 0 spiro atoms. The Morgan fingerprint density at radius 1 is 1.16 bits per heavy atom. The standard InChI is InChI=1S/C13H11NO4S/c15-8-9-5-6-10(14(17)18)7-13(9)19-12-4-2-1-3-11(12)16/h1-7,15-16H,8H2. The van der Waals surface area contributed by atoms with Gasteiger partial charge in [0.2, 0.25) is 0 Å². The van der Waals surface area contributed by atoms with Gasteiger partial charge in [0.15, 0.2) is 0 Å². The second kappa shape index (κ2) is 5.73. The normalized spacial score (nSPS) is 10.4. The van der Waals surface area contributed by atoms with Crippen LogP contribution in [0.25, 0.3) is 0 Å². The Morgan fingerprint density at radius 3 is 2.53 bits per heavy atom. The van der Waals surface area contributed by atoms with Gasteiger partial charge >= 0.3 is 0 Å². The number of nitro groups is 1. The molecule has 98 valence electrons. The number of hydrogen-bond acceptors (Lipinski definition) is 5. The minimum Gasteiger partial charge on any atom is -0.507 e. The molecule has 0 radical (unpaired) electrons. The summed E-state index contributed by atoms with van der Waals surface area (Å²) in [7, 11) is 0. The first kappa shape index (κ1) is 13.4. The van der Waals surface area contributed by atoms with Crippen LogP contribution in [-0.2, 0) is 6.61 Å². The van der Waals surface area contributed by atoms with E-state index in [0.717, 1.165) is 0 Å². The monoisotopic (exact) mass is 277 g/mol. The number of benzene rings is 2. The van der Waals surface area contributed by atoms with Gasteiger partial charge in [-0.05, 0) is 23.8 Å². The van der Waals surface area contributed by atoms with E-state index in [2.05, 4.69) is 0 Å². The van der Waals surface area contributed by atoms with Crippen LogP contribution in [0.4, 0.5) is 5.69 Å². The summed E-state index contributed by atoms with van der Waals surface area (Å²) in [5, 5.41) is 29.7. The molecule has 0 bridgehead atoms. The molecule has 0 saturated carbocycles. The molecular formula is C13H11NO4S. The fourth-order valence-corrected chi connectivity index (χ4v) is 2.54. The maximum atomic E-state index is 10.8. The third kappa shape index (κ3) is 3.04. The Balaban J connectivity index is 2.40. The van der Waals surface area contributed by atoms with Crippen LogP contribution < -0.4 is 0 Å². The molecule has 0 atom stereocenters. The topological polar surface area (TPSA) is 83.6 Å². The fraction of sp³-hybridized carbons (Fsp3) is 0.0769. The first-order valence-electron chi connectivity index (χ1n) is 5.46. The van der Waals surface area contributed by atoms with Crippen LogP contribution in [0.2, 0.25) is 0 Å². The van der Waals surface area contributed by atoms with Crippen molar-refractivity contribution < 1.29 is 15.1 Å². The largest absolute Gasteiger partial charge is 0.507 e. The summed E-state index contributed by atoms with van der Waals surface area (Å²) >= 11 is 1.18. The fourth-order valence-electron chi connectivity index (χ4n) is 1.54. The van der Waals surface area contributed by atoms with Crippen LogP contribution in [0.1, 0.15) is 5.56 Å². The van der Waals surface area contributed by atoms with Crippen molar-refractivity contribution in [2.24, 2.45) is 0 Å². The highest BCUT2D eigenvalue weighted by Crippen LogP contribution is 2.37. The molecule has 0 amide bonds. The van der Waals surface area contributed by atoms with Crippen LogP contribution in [0.3, 0.4) is 0 Å². The zero-order valence-electron chi connectivity index (χ0n) is 9.81. The van der Waals surface area contributed by atoms with Gasteiger partial charge in [-0.25, -0.2) is 0 Å². The van der Waals surface area contributed by atoms with Crippen molar-refractivity contribution in [2.45, 2.75) is 16.4 Å². The molecule has 2 rings (SSSR count). The van der Waals surface area contributed by atoms with Gasteiger partial charge in [-0.2, -0.15) is 0 Å². The first-order chi connectivity index (χ1) is 9.11. The van der Waals surface area contributed by atoms with Gasteiger partial charge < -0.3 is 10.2 Å².